The quantitative estimate of drug-likeness (QED) is 0.873. The number of nitrogens with one attached hydrogen (secondary N) is 2. The molecule has 1 atom stereocenters. The van der Waals surface area contributed by atoms with Gasteiger partial charge in [0.2, 0.25) is 0 Å². The molecule has 0 bridgehead atoms. The molecule has 0 spiro atoms. The highest BCUT2D eigenvalue weighted by Gasteiger charge is 2.22. The van der Waals surface area contributed by atoms with Crippen molar-refractivity contribution >= 4 is 11.7 Å². The zero-order valence-electron chi connectivity index (χ0n) is 14.3. The summed E-state index contributed by atoms with van der Waals surface area (Å²) in [5, 5.41) is 9.69. The van der Waals surface area contributed by atoms with Crippen LogP contribution >= 0.6 is 0 Å². The highest BCUT2D eigenvalue weighted by atomic mass is 16.6. The molecule has 1 aliphatic heterocycles. The lowest BCUT2D eigenvalue weighted by Gasteiger charge is -2.11. The largest absolute Gasteiger partial charge is 0.390 e. The van der Waals surface area contributed by atoms with Crippen LogP contribution in [-0.2, 0) is 11.4 Å². The van der Waals surface area contributed by atoms with Gasteiger partial charge < -0.3 is 15.5 Å². The number of urea groups is 1. The van der Waals surface area contributed by atoms with Crippen LogP contribution in [0.25, 0.3) is 0 Å². The van der Waals surface area contributed by atoms with E-state index in [1.54, 1.807) is 12.3 Å². The van der Waals surface area contributed by atoms with Crippen molar-refractivity contribution in [3.63, 3.8) is 0 Å². The van der Waals surface area contributed by atoms with Gasteiger partial charge >= 0.3 is 6.03 Å². The van der Waals surface area contributed by atoms with Gasteiger partial charge in [0.1, 0.15) is 5.82 Å². The first-order chi connectivity index (χ1) is 12.1. The van der Waals surface area contributed by atoms with Crippen molar-refractivity contribution in [3.05, 3.63) is 59.2 Å². The monoisotopic (exact) mass is 339 g/mol. The third kappa shape index (κ3) is 4.76. The molecule has 0 fully saturated rings. The van der Waals surface area contributed by atoms with Gasteiger partial charge in [-0.05, 0) is 25.5 Å². The zero-order valence-corrected chi connectivity index (χ0v) is 14.3. The van der Waals surface area contributed by atoms with Crippen molar-refractivity contribution in [2.24, 2.45) is 5.16 Å². The third-order valence-corrected chi connectivity index (χ3v) is 3.87. The zero-order chi connectivity index (χ0) is 17.6. The molecular formula is C18H21N5O2. The van der Waals surface area contributed by atoms with E-state index in [0.29, 0.717) is 25.3 Å². The number of aryl methyl sites for hydroxylation is 2. The lowest BCUT2D eigenvalue weighted by molar-refractivity contribution is 0.0865. The Labute approximate surface area is 146 Å². The number of oxime groups is 1. The molecule has 1 aromatic carbocycles. The van der Waals surface area contributed by atoms with E-state index in [9.17, 15) is 4.79 Å². The van der Waals surface area contributed by atoms with Crippen LogP contribution in [0.2, 0.25) is 0 Å². The molecule has 7 nitrogen and oxygen atoms in total. The molecule has 2 heterocycles. The third-order valence-electron chi connectivity index (χ3n) is 3.87. The minimum Gasteiger partial charge on any atom is -0.390 e. The number of nitrogens with zero attached hydrogens (tertiary/aromatic N) is 3. The van der Waals surface area contributed by atoms with Gasteiger partial charge in [-0.3, -0.25) is 0 Å². The van der Waals surface area contributed by atoms with E-state index in [4.69, 9.17) is 4.84 Å². The Balaban J connectivity index is 1.41. The number of benzene rings is 1. The van der Waals surface area contributed by atoms with Crippen LogP contribution in [0.3, 0.4) is 0 Å². The van der Waals surface area contributed by atoms with E-state index >= 15 is 0 Å². The molecule has 1 aromatic heterocycles. The van der Waals surface area contributed by atoms with Crippen LogP contribution in [0, 0.1) is 13.8 Å². The number of carbonyl (C=O) groups is 1. The maximum atomic E-state index is 11.9. The molecule has 1 aliphatic rings. The molecule has 0 radical (unpaired) electrons. The number of hydrogen-bond donors (Lipinski definition) is 2. The standard InChI is InChI=1S/C18H21N5O2/c1-12-3-5-14(6-4-12)17-9-16(25-23-17)11-21-18(24)20-10-15-7-8-19-13(2)22-15/h3-8,16H,9-11H2,1-2H3,(H2,20,21,24). The van der Waals surface area contributed by atoms with Gasteiger partial charge in [0.25, 0.3) is 0 Å². The molecule has 25 heavy (non-hydrogen) atoms. The second kappa shape index (κ2) is 7.74. The molecular weight excluding hydrogens is 318 g/mol. The minimum absolute atomic E-state index is 0.150. The van der Waals surface area contributed by atoms with Gasteiger partial charge in [-0.1, -0.05) is 35.0 Å². The molecule has 7 heteroatoms. The maximum Gasteiger partial charge on any atom is 0.315 e. The van der Waals surface area contributed by atoms with E-state index in [1.807, 2.05) is 38.1 Å². The van der Waals surface area contributed by atoms with Crippen molar-refractivity contribution in [1.82, 2.24) is 20.6 Å². The summed E-state index contributed by atoms with van der Waals surface area (Å²) in [6, 6.07) is 9.67. The fraction of sp³-hybridized carbons (Fsp3) is 0.333. The van der Waals surface area contributed by atoms with Gasteiger partial charge in [-0.25, -0.2) is 14.8 Å². The average Bonchev–Trinajstić information content (AvgIpc) is 3.08. The minimum atomic E-state index is -0.261. The number of hydrogen-bond acceptors (Lipinski definition) is 5. The first-order valence-electron chi connectivity index (χ1n) is 8.20. The van der Waals surface area contributed by atoms with Crippen LogP contribution in [0.4, 0.5) is 4.79 Å². The van der Waals surface area contributed by atoms with E-state index < -0.39 is 0 Å². The van der Waals surface area contributed by atoms with Gasteiger partial charge in [0.05, 0.1) is 24.5 Å². The molecule has 0 saturated carbocycles. The van der Waals surface area contributed by atoms with Gasteiger partial charge in [-0.2, -0.15) is 0 Å². The Kier molecular flexibility index (Phi) is 5.23. The molecule has 0 saturated heterocycles. The van der Waals surface area contributed by atoms with Crippen molar-refractivity contribution < 1.29 is 9.63 Å². The Morgan fingerprint density at radius 1 is 1.20 bits per heavy atom. The van der Waals surface area contributed by atoms with E-state index in [1.165, 1.54) is 5.56 Å². The Bertz CT molecular complexity index is 773. The Morgan fingerprint density at radius 2 is 2.00 bits per heavy atom. The summed E-state index contributed by atoms with van der Waals surface area (Å²) >= 11 is 0. The van der Waals surface area contributed by atoms with Crippen LogP contribution in [0.15, 0.2) is 41.7 Å². The fourth-order valence-electron chi connectivity index (χ4n) is 2.50. The van der Waals surface area contributed by atoms with Crippen LogP contribution in [0.5, 0.6) is 0 Å². The average molecular weight is 339 g/mol. The van der Waals surface area contributed by atoms with Crippen molar-refractivity contribution in [3.8, 4) is 0 Å². The number of rotatable bonds is 5. The number of amides is 2. The summed E-state index contributed by atoms with van der Waals surface area (Å²) in [6.07, 6.45) is 2.20. The van der Waals surface area contributed by atoms with Crippen molar-refractivity contribution in [2.45, 2.75) is 32.9 Å². The Morgan fingerprint density at radius 3 is 2.76 bits per heavy atom. The first-order valence-corrected chi connectivity index (χ1v) is 8.20. The predicted molar refractivity (Wildman–Crippen MR) is 94.2 cm³/mol. The number of carbonyl (C=O) groups excluding carboxylic acids is 1. The van der Waals surface area contributed by atoms with E-state index in [2.05, 4.69) is 25.8 Å². The van der Waals surface area contributed by atoms with Gasteiger partial charge in [-0.15, -0.1) is 0 Å². The van der Waals surface area contributed by atoms with E-state index in [0.717, 1.165) is 17.0 Å². The lowest BCUT2D eigenvalue weighted by atomic mass is 10.0. The van der Waals surface area contributed by atoms with Gasteiger partial charge in [0, 0.05) is 12.6 Å². The normalized spacial score (nSPS) is 16.1. The highest BCUT2D eigenvalue weighted by molar-refractivity contribution is 6.01. The SMILES string of the molecule is Cc1ccc(C2=NOC(CNC(=O)NCc3ccnc(C)n3)C2)cc1. The molecule has 2 N–H and O–H groups in total. The summed E-state index contributed by atoms with van der Waals surface area (Å²) < 4.78 is 0. The summed E-state index contributed by atoms with van der Waals surface area (Å²) in [4.78, 5) is 25.6. The molecule has 0 aliphatic carbocycles. The van der Waals surface area contributed by atoms with Crippen LogP contribution in [-0.4, -0.2) is 34.4 Å². The fourth-order valence-corrected chi connectivity index (χ4v) is 2.50. The molecule has 3 rings (SSSR count). The summed E-state index contributed by atoms with van der Waals surface area (Å²) in [6.45, 7) is 4.61. The second-order valence-corrected chi connectivity index (χ2v) is 5.99. The van der Waals surface area contributed by atoms with Crippen molar-refractivity contribution in [2.75, 3.05) is 6.54 Å². The second-order valence-electron chi connectivity index (χ2n) is 5.99. The molecule has 1 unspecified atom stereocenters. The summed E-state index contributed by atoms with van der Waals surface area (Å²) in [5.41, 5.74) is 3.93. The molecule has 2 amide bonds. The first kappa shape index (κ1) is 16.9. The Hall–Kier alpha value is -2.96. The topological polar surface area (TPSA) is 88.5 Å². The lowest BCUT2D eigenvalue weighted by Crippen LogP contribution is -2.39. The maximum absolute atomic E-state index is 11.9. The number of aromatic nitrogens is 2. The summed E-state index contributed by atoms with van der Waals surface area (Å²) in [7, 11) is 0. The predicted octanol–water partition coefficient (Wildman–Crippen LogP) is 2.09. The summed E-state index contributed by atoms with van der Waals surface area (Å²) in [5.74, 6) is 0.680. The highest BCUT2D eigenvalue weighted by Crippen LogP contribution is 2.16. The van der Waals surface area contributed by atoms with Crippen molar-refractivity contribution in [1.29, 1.82) is 0 Å². The van der Waals surface area contributed by atoms with Gasteiger partial charge in [0.15, 0.2) is 6.10 Å². The van der Waals surface area contributed by atoms with E-state index in [-0.39, 0.29) is 12.1 Å². The molecule has 130 valence electrons. The van der Waals surface area contributed by atoms with Crippen LogP contribution in [0.1, 0.15) is 29.1 Å². The smallest absolute Gasteiger partial charge is 0.315 e. The van der Waals surface area contributed by atoms with Crippen LogP contribution < -0.4 is 10.6 Å². The molecule has 2 aromatic rings.